The molecule has 31 heavy (non-hydrogen) atoms. The van der Waals surface area contributed by atoms with Crippen molar-refractivity contribution in [3.05, 3.63) is 88.0 Å². The Morgan fingerprint density at radius 3 is 2.68 bits per heavy atom. The summed E-state index contributed by atoms with van der Waals surface area (Å²) in [7, 11) is 0. The first-order chi connectivity index (χ1) is 15.0. The number of halogens is 1. The number of carbonyl (C=O) groups is 1. The minimum absolute atomic E-state index is 0.0276. The summed E-state index contributed by atoms with van der Waals surface area (Å²) in [5.41, 5.74) is 2.47. The summed E-state index contributed by atoms with van der Waals surface area (Å²) in [6.45, 7) is 3.84. The average Bonchev–Trinajstić information content (AvgIpc) is 2.79. The lowest BCUT2D eigenvalue weighted by atomic mass is 9.97. The molecule has 3 aromatic rings. The number of piperidine rings is 1. The Morgan fingerprint density at radius 2 is 1.90 bits per heavy atom. The smallest absolute Gasteiger partial charge is 0.271 e. The number of nitrogens with one attached hydrogen (secondary N) is 1. The van der Waals surface area contributed by atoms with Crippen LogP contribution in [0, 0.1) is 18.7 Å². The second-order valence-electron chi connectivity index (χ2n) is 7.85. The van der Waals surface area contributed by atoms with Crippen molar-refractivity contribution >= 4 is 11.7 Å². The topological polar surface area (TPSA) is 67.2 Å². The molecule has 7 heteroatoms. The van der Waals surface area contributed by atoms with Gasteiger partial charge in [0, 0.05) is 25.7 Å². The van der Waals surface area contributed by atoms with Crippen LogP contribution in [0.1, 0.15) is 24.0 Å². The Labute approximate surface area is 180 Å². The quantitative estimate of drug-likeness (QED) is 0.688. The lowest BCUT2D eigenvalue weighted by Gasteiger charge is -2.33. The van der Waals surface area contributed by atoms with E-state index in [1.54, 1.807) is 6.07 Å². The van der Waals surface area contributed by atoms with Crippen LogP contribution in [-0.2, 0) is 11.3 Å². The molecule has 0 aliphatic carbocycles. The van der Waals surface area contributed by atoms with Gasteiger partial charge in [-0.25, -0.2) is 4.39 Å². The lowest BCUT2D eigenvalue weighted by Crippen LogP contribution is -2.43. The van der Waals surface area contributed by atoms with E-state index in [0.29, 0.717) is 24.6 Å². The molecule has 0 radical (unpaired) electrons. The molecule has 1 N–H and O–H groups in total. The van der Waals surface area contributed by atoms with Crippen LogP contribution in [0.4, 0.5) is 10.2 Å². The summed E-state index contributed by atoms with van der Waals surface area (Å²) < 4.78 is 14.5. The maximum absolute atomic E-state index is 13.2. The van der Waals surface area contributed by atoms with E-state index < -0.39 is 0 Å². The molecule has 1 amide bonds. The number of aryl methyl sites for hydroxylation is 1. The maximum atomic E-state index is 13.2. The fourth-order valence-electron chi connectivity index (χ4n) is 3.87. The van der Waals surface area contributed by atoms with Crippen molar-refractivity contribution in [2.24, 2.45) is 5.92 Å². The lowest BCUT2D eigenvalue weighted by molar-refractivity contribution is -0.125. The van der Waals surface area contributed by atoms with Gasteiger partial charge in [-0.1, -0.05) is 24.3 Å². The third-order valence-electron chi connectivity index (χ3n) is 5.69. The van der Waals surface area contributed by atoms with Crippen LogP contribution in [0.25, 0.3) is 5.69 Å². The molecule has 2 heterocycles. The summed E-state index contributed by atoms with van der Waals surface area (Å²) in [4.78, 5) is 27.1. The normalized spacial score (nSPS) is 16.2. The summed E-state index contributed by atoms with van der Waals surface area (Å²) in [5, 5.41) is 7.53. The third kappa shape index (κ3) is 4.82. The molecule has 1 aromatic heterocycles. The van der Waals surface area contributed by atoms with Gasteiger partial charge >= 0.3 is 0 Å². The number of nitrogens with zero attached hydrogens (tertiary/aromatic N) is 3. The van der Waals surface area contributed by atoms with Gasteiger partial charge in [0.25, 0.3) is 5.56 Å². The van der Waals surface area contributed by atoms with Crippen molar-refractivity contribution in [1.82, 2.24) is 15.1 Å². The van der Waals surface area contributed by atoms with Crippen LogP contribution in [0.2, 0.25) is 0 Å². The van der Waals surface area contributed by atoms with E-state index in [9.17, 15) is 14.0 Å². The summed E-state index contributed by atoms with van der Waals surface area (Å²) in [6, 6.07) is 16.8. The fourth-order valence-corrected chi connectivity index (χ4v) is 3.87. The van der Waals surface area contributed by atoms with Crippen LogP contribution >= 0.6 is 0 Å². The predicted molar refractivity (Wildman–Crippen MR) is 118 cm³/mol. The minimum atomic E-state index is -0.372. The standard InChI is InChI=1S/C24H25FN4O2/c1-17-5-2-3-6-18(17)15-26-24(31)19-7-4-14-28(16-19)22-12-13-23(30)29(27-22)21-10-8-20(25)9-11-21/h2-3,5-6,8-13,19H,4,7,14-16H2,1H3,(H,26,31). The monoisotopic (exact) mass is 420 g/mol. The van der Waals surface area contributed by atoms with Gasteiger partial charge in [0.15, 0.2) is 0 Å². The van der Waals surface area contributed by atoms with Crippen molar-refractivity contribution in [3.63, 3.8) is 0 Å². The Kier molecular flexibility index (Phi) is 6.11. The zero-order chi connectivity index (χ0) is 21.8. The van der Waals surface area contributed by atoms with Crippen molar-refractivity contribution in [1.29, 1.82) is 0 Å². The highest BCUT2D eigenvalue weighted by Gasteiger charge is 2.27. The molecule has 0 bridgehead atoms. The predicted octanol–water partition coefficient (Wildman–Crippen LogP) is 3.21. The molecule has 1 fully saturated rings. The van der Waals surface area contributed by atoms with Gasteiger partial charge in [-0.15, -0.1) is 5.10 Å². The van der Waals surface area contributed by atoms with Gasteiger partial charge in [0.2, 0.25) is 5.91 Å². The van der Waals surface area contributed by atoms with Crippen LogP contribution in [0.5, 0.6) is 0 Å². The molecule has 6 nitrogen and oxygen atoms in total. The van der Waals surface area contributed by atoms with Gasteiger partial charge in [-0.3, -0.25) is 9.59 Å². The molecule has 160 valence electrons. The number of carbonyl (C=O) groups excluding carboxylic acids is 1. The molecular formula is C24H25FN4O2. The van der Waals surface area contributed by atoms with Gasteiger partial charge in [-0.05, 0) is 61.2 Å². The zero-order valence-corrected chi connectivity index (χ0v) is 17.4. The van der Waals surface area contributed by atoms with Crippen molar-refractivity contribution in [2.45, 2.75) is 26.3 Å². The van der Waals surface area contributed by atoms with E-state index in [4.69, 9.17) is 0 Å². The first kappa shape index (κ1) is 20.8. The Balaban J connectivity index is 1.46. The number of anilines is 1. The summed E-state index contributed by atoms with van der Waals surface area (Å²) >= 11 is 0. The third-order valence-corrected chi connectivity index (χ3v) is 5.69. The van der Waals surface area contributed by atoms with Crippen LogP contribution in [-0.4, -0.2) is 28.8 Å². The number of rotatable bonds is 5. The molecule has 1 atom stereocenters. The first-order valence-electron chi connectivity index (χ1n) is 10.4. The van der Waals surface area contributed by atoms with Gasteiger partial charge in [0.1, 0.15) is 11.6 Å². The van der Waals surface area contributed by atoms with Gasteiger partial charge < -0.3 is 10.2 Å². The van der Waals surface area contributed by atoms with E-state index in [-0.39, 0.29) is 23.2 Å². The number of aromatic nitrogens is 2. The molecule has 1 aliphatic rings. The number of benzene rings is 2. The van der Waals surface area contributed by atoms with Crippen molar-refractivity contribution in [3.8, 4) is 5.69 Å². The number of hydrogen-bond acceptors (Lipinski definition) is 4. The zero-order valence-electron chi connectivity index (χ0n) is 17.4. The van der Waals surface area contributed by atoms with Crippen molar-refractivity contribution in [2.75, 3.05) is 18.0 Å². The molecule has 1 aliphatic heterocycles. The summed E-state index contributed by atoms with van der Waals surface area (Å²) in [6.07, 6.45) is 1.67. The minimum Gasteiger partial charge on any atom is -0.354 e. The SMILES string of the molecule is Cc1ccccc1CNC(=O)C1CCCN(c2ccc(=O)n(-c3ccc(F)cc3)n2)C1. The van der Waals surface area contributed by atoms with E-state index in [1.807, 2.05) is 36.1 Å². The molecule has 0 spiro atoms. The molecule has 1 unspecified atom stereocenters. The Bertz CT molecular complexity index is 1130. The van der Waals surface area contributed by atoms with E-state index in [2.05, 4.69) is 10.4 Å². The maximum Gasteiger partial charge on any atom is 0.271 e. The second kappa shape index (κ2) is 9.12. The highest BCUT2D eigenvalue weighted by molar-refractivity contribution is 5.79. The van der Waals surface area contributed by atoms with Crippen LogP contribution in [0.15, 0.2) is 65.5 Å². The Morgan fingerprint density at radius 1 is 1.13 bits per heavy atom. The molecule has 2 aromatic carbocycles. The van der Waals surface area contributed by atoms with Crippen LogP contribution < -0.4 is 15.8 Å². The number of hydrogen-bond donors (Lipinski definition) is 1. The fraction of sp³-hybridized carbons (Fsp3) is 0.292. The highest BCUT2D eigenvalue weighted by atomic mass is 19.1. The molecule has 1 saturated heterocycles. The second-order valence-corrected chi connectivity index (χ2v) is 7.85. The van der Waals surface area contributed by atoms with E-state index in [1.165, 1.54) is 35.0 Å². The Hall–Kier alpha value is -3.48. The first-order valence-corrected chi connectivity index (χ1v) is 10.4. The molecular weight excluding hydrogens is 395 g/mol. The van der Waals surface area contributed by atoms with Crippen LogP contribution in [0.3, 0.4) is 0 Å². The van der Waals surface area contributed by atoms with E-state index in [0.717, 1.165) is 30.5 Å². The van der Waals surface area contributed by atoms with Gasteiger partial charge in [-0.2, -0.15) is 4.68 Å². The van der Waals surface area contributed by atoms with Crippen molar-refractivity contribution < 1.29 is 9.18 Å². The summed E-state index contributed by atoms with van der Waals surface area (Å²) in [5.74, 6) is 0.134. The molecule has 0 saturated carbocycles. The highest BCUT2D eigenvalue weighted by Crippen LogP contribution is 2.22. The largest absolute Gasteiger partial charge is 0.354 e. The average molecular weight is 420 g/mol. The number of amides is 1. The van der Waals surface area contributed by atoms with E-state index >= 15 is 0 Å². The molecule has 4 rings (SSSR count). The van der Waals surface area contributed by atoms with Gasteiger partial charge in [0.05, 0.1) is 11.6 Å².